The number of unbranched alkanes of at least 4 members (excludes halogenated alkanes) is 2. The number of ether oxygens (including phenoxy) is 2. The predicted octanol–water partition coefficient (Wildman–Crippen LogP) is 4.36. The fourth-order valence-corrected chi connectivity index (χ4v) is 6.83. The minimum atomic E-state index is -0.520. The molecular weight excluding hydrogens is 502 g/mol. The molecular formula is C25H35N3O6S2. The van der Waals surface area contributed by atoms with E-state index in [-0.39, 0.29) is 18.0 Å². The quantitative estimate of drug-likeness (QED) is 0.296. The van der Waals surface area contributed by atoms with Gasteiger partial charge in [0.2, 0.25) is 5.91 Å². The van der Waals surface area contributed by atoms with E-state index in [0.29, 0.717) is 37.4 Å². The van der Waals surface area contributed by atoms with E-state index in [1.54, 1.807) is 50.8 Å². The van der Waals surface area contributed by atoms with Crippen molar-refractivity contribution >= 4 is 46.0 Å². The van der Waals surface area contributed by atoms with Crippen LogP contribution >= 0.6 is 21.6 Å². The Morgan fingerprint density at radius 1 is 1.00 bits per heavy atom. The van der Waals surface area contributed by atoms with Crippen molar-refractivity contribution in [3.8, 4) is 5.75 Å². The average molecular weight is 538 g/mol. The maximum absolute atomic E-state index is 13.0. The van der Waals surface area contributed by atoms with Crippen molar-refractivity contribution in [2.24, 2.45) is 0 Å². The molecule has 198 valence electrons. The van der Waals surface area contributed by atoms with Crippen LogP contribution in [-0.2, 0) is 9.53 Å². The highest BCUT2D eigenvalue weighted by atomic mass is 33.1. The fourth-order valence-electron chi connectivity index (χ4n) is 4.14. The third-order valence-corrected chi connectivity index (χ3v) is 8.34. The van der Waals surface area contributed by atoms with Crippen LogP contribution in [0.25, 0.3) is 0 Å². The number of carbonyl (C=O) groups is 4. The zero-order chi connectivity index (χ0) is 26.1. The molecule has 0 aromatic heterocycles. The van der Waals surface area contributed by atoms with Crippen LogP contribution in [0.5, 0.6) is 5.75 Å². The summed E-state index contributed by atoms with van der Waals surface area (Å²) in [6, 6.07) is 6.27. The van der Waals surface area contributed by atoms with Crippen molar-refractivity contribution in [3.63, 3.8) is 0 Å². The van der Waals surface area contributed by atoms with Crippen LogP contribution in [0.15, 0.2) is 24.3 Å². The topological polar surface area (TPSA) is 105 Å². The van der Waals surface area contributed by atoms with Gasteiger partial charge >= 0.3 is 12.2 Å². The van der Waals surface area contributed by atoms with E-state index in [4.69, 9.17) is 9.47 Å². The number of piperazine rings is 1. The largest absolute Gasteiger partial charge is 0.444 e. The van der Waals surface area contributed by atoms with E-state index < -0.39 is 17.8 Å². The number of nitrogens with one attached hydrogen (secondary N) is 1. The molecule has 2 heterocycles. The highest BCUT2D eigenvalue weighted by Crippen LogP contribution is 2.36. The van der Waals surface area contributed by atoms with Gasteiger partial charge in [-0.3, -0.25) is 9.59 Å². The highest BCUT2D eigenvalue weighted by molar-refractivity contribution is 8.76. The minimum absolute atomic E-state index is 0.0451. The Labute approximate surface area is 220 Å². The van der Waals surface area contributed by atoms with Gasteiger partial charge in [-0.1, -0.05) is 28.0 Å². The maximum Gasteiger partial charge on any atom is 0.415 e. The van der Waals surface area contributed by atoms with E-state index in [0.717, 1.165) is 37.1 Å². The van der Waals surface area contributed by atoms with Crippen LogP contribution in [0.3, 0.4) is 0 Å². The normalized spacial score (nSPS) is 19.8. The monoisotopic (exact) mass is 537 g/mol. The zero-order valence-corrected chi connectivity index (χ0v) is 22.7. The summed E-state index contributed by atoms with van der Waals surface area (Å²) < 4.78 is 10.8. The van der Waals surface area contributed by atoms with E-state index in [2.05, 4.69) is 5.32 Å². The highest BCUT2D eigenvalue weighted by Gasteiger charge is 2.43. The summed E-state index contributed by atoms with van der Waals surface area (Å²) in [6.45, 7) is 6.88. The molecule has 2 fully saturated rings. The molecule has 11 heteroatoms. The Hall–Kier alpha value is -2.40. The van der Waals surface area contributed by atoms with Crippen LogP contribution in [0.4, 0.5) is 9.59 Å². The number of nitrogens with zero attached hydrogens (tertiary/aromatic N) is 2. The second-order valence-electron chi connectivity index (χ2n) is 9.78. The molecule has 0 saturated carbocycles. The first-order valence-electron chi connectivity index (χ1n) is 12.2. The minimum Gasteiger partial charge on any atom is -0.444 e. The summed E-state index contributed by atoms with van der Waals surface area (Å²) >= 11 is 0. The van der Waals surface area contributed by atoms with Gasteiger partial charge in [0.15, 0.2) is 0 Å². The first-order valence-corrected chi connectivity index (χ1v) is 14.7. The molecule has 2 aliphatic rings. The van der Waals surface area contributed by atoms with E-state index in [9.17, 15) is 19.2 Å². The second-order valence-corrected chi connectivity index (χ2v) is 12.3. The Balaban J connectivity index is 1.45. The molecule has 1 aromatic carbocycles. The first-order chi connectivity index (χ1) is 17.2. The number of hydrogen-bond donors (Lipinski definition) is 1. The molecule has 2 unspecified atom stereocenters. The summed E-state index contributed by atoms with van der Waals surface area (Å²) in [5.41, 5.74) is -0.00437. The molecule has 36 heavy (non-hydrogen) atoms. The zero-order valence-electron chi connectivity index (χ0n) is 21.1. The number of fused-ring (bicyclic) bond motifs is 1. The molecule has 0 spiro atoms. The SMILES string of the molecule is CC(C)(C)OC(=O)NCCCCCC(=O)N1CCN(C(=O)Oc2ccc(C=O)cc2)C2CSSCC21. The number of rotatable bonds is 8. The van der Waals surface area contributed by atoms with E-state index in [1.807, 2.05) is 25.7 Å². The molecule has 2 atom stereocenters. The second kappa shape index (κ2) is 13.2. The van der Waals surface area contributed by atoms with Crippen LogP contribution in [0.1, 0.15) is 56.8 Å². The molecule has 2 saturated heterocycles. The summed E-state index contributed by atoms with van der Waals surface area (Å²) in [6.07, 6.45) is 2.68. The lowest BCUT2D eigenvalue weighted by atomic mass is 10.0. The van der Waals surface area contributed by atoms with Gasteiger partial charge in [0.05, 0.1) is 12.1 Å². The lowest BCUT2D eigenvalue weighted by molar-refractivity contribution is -0.136. The van der Waals surface area contributed by atoms with Crippen molar-refractivity contribution in [2.45, 2.75) is 64.1 Å². The van der Waals surface area contributed by atoms with Crippen molar-refractivity contribution in [3.05, 3.63) is 29.8 Å². The maximum atomic E-state index is 13.0. The number of amides is 3. The van der Waals surface area contributed by atoms with Crippen molar-refractivity contribution < 1.29 is 28.7 Å². The van der Waals surface area contributed by atoms with Gasteiger partial charge in [-0.15, -0.1) is 0 Å². The Morgan fingerprint density at radius 2 is 1.64 bits per heavy atom. The van der Waals surface area contributed by atoms with E-state index in [1.165, 1.54) is 0 Å². The van der Waals surface area contributed by atoms with Gasteiger partial charge in [-0.05, 0) is 57.9 Å². The van der Waals surface area contributed by atoms with Gasteiger partial charge in [0.25, 0.3) is 0 Å². The molecule has 1 N–H and O–H groups in total. The summed E-state index contributed by atoms with van der Waals surface area (Å²) in [5.74, 6) is 1.99. The van der Waals surface area contributed by atoms with Gasteiger partial charge in [-0.2, -0.15) is 0 Å². The fraction of sp³-hybridized carbons (Fsp3) is 0.600. The van der Waals surface area contributed by atoms with E-state index >= 15 is 0 Å². The first kappa shape index (κ1) is 28.2. The molecule has 3 rings (SSSR count). The third kappa shape index (κ3) is 8.33. The average Bonchev–Trinajstić information content (AvgIpc) is 2.84. The van der Waals surface area contributed by atoms with Crippen molar-refractivity contribution in [1.29, 1.82) is 0 Å². The smallest absolute Gasteiger partial charge is 0.415 e. The van der Waals surface area contributed by atoms with Gasteiger partial charge in [-0.25, -0.2) is 9.59 Å². The lowest BCUT2D eigenvalue weighted by Gasteiger charge is -2.48. The molecule has 3 amide bonds. The van der Waals surface area contributed by atoms with Crippen molar-refractivity contribution in [2.75, 3.05) is 31.1 Å². The molecule has 0 aliphatic carbocycles. The predicted molar refractivity (Wildman–Crippen MR) is 141 cm³/mol. The Morgan fingerprint density at radius 3 is 2.28 bits per heavy atom. The number of hydrogen-bond acceptors (Lipinski definition) is 8. The van der Waals surface area contributed by atoms with Gasteiger partial charge in [0, 0.05) is 43.1 Å². The van der Waals surface area contributed by atoms with Crippen LogP contribution < -0.4 is 10.1 Å². The molecule has 0 radical (unpaired) electrons. The van der Waals surface area contributed by atoms with Crippen LogP contribution in [-0.4, -0.2) is 83.0 Å². The third-order valence-electron chi connectivity index (χ3n) is 5.90. The molecule has 0 bridgehead atoms. The summed E-state index contributed by atoms with van der Waals surface area (Å²) in [7, 11) is 3.43. The molecule has 9 nitrogen and oxygen atoms in total. The number of alkyl carbamates (subject to hydrolysis) is 1. The van der Waals surface area contributed by atoms with Gasteiger partial charge in [0.1, 0.15) is 17.6 Å². The van der Waals surface area contributed by atoms with Crippen molar-refractivity contribution in [1.82, 2.24) is 15.1 Å². The Bertz CT molecular complexity index is 921. The Kier molecular flexibility index (Phi) is 10.4. The van der Waals surface area contributed by atoms with Crippen LogP contribution in [0.2, 0.25) is 0 Å². The van der Waals surface area contributed by atoms with Crippen LogP contribution in [0, 0.1) is 0 Å². The number of aldehydes is 1. The summed E-state index contributed by atoms with van der Waals surface area (Å²) in [4.78, 5) is 52.2. The molecule has 1 aromatic rings. The molecule has 2 aliphatic heterocycles. The standard InChI is InChI=1S/C25H35N3O6S2/c1-25(2,3)34-23(31)26-12-6-4-5-7-22(30)27-13-14-28(21-17-36-35-16-20(21)27)24(32)33-19-10-8-18(15-29)9-11-19/h8-11,15,20-21H,4-7,12-14,16-17H2,1-3H3,(H,26,31). The number of benzene rings is 1. The summed E-state index contributed by atoms with van der Waals surface area (Å²) in [5, 5.41) is 2.74. The van der Waals surface area contributed by atoms with Gasteiger partial charge < -0.3 is 24.6 Å². The lowest BCUT2D eigenvalue weighted by Crippen LogP contribution is -2.65. The number of carbonyl (C=O) groups excluding carboxylic acids is 4.